The van der Waals surface area contributed by atoms with Gasteiger partial charge in [-0.1, -0.05) is 13.8 Å². The molecule has 0 aliphatic rings. The molecule has 0 radical (unpaired) electrons. The molecule has 2 amide bonds. The van der Waals surface area contributed by atoms with Crippen molar-refractivity contribution in [3.8, 4) is 0 Å². The molecule has 6 nitrogen and oxygen atoms in total. The quantitative estimate of drug-likeness (QED) is 0.306. The summed E-state index contributed by atoms with van der Waals surface area (Å²) >= 11 is 0. The molecule has 0 spiro atoms. The van der Waals surface area contributed by atoms with E-state index in [1.165, 1.54) is 6.08 Å². The number of carbonyl (C=O) groups is 2. The SMILES string of the molecule is CCC(C)(CC)NC(=O)N/C(=N/C)N/C(C)=C\C=O. The van der Waals surface area contributed by atoms with E-state index in [0.717, 1.165) is 12.8 Å². The van der Waals surface area contributed by atoms with Crippen molar-refractivity contribution in [3.05, 3.63) is 11.8 Å². The minimum absolute atomic E-state index is 0.239. The number of aldehydes is 1. The van der Waals surface area contributed by atoms with Gasteiger partial charge in [-0.15, -0.1) is 0 Å². The van der Waals surface area contributed by atoms with Gasteiger partial charge in [0.15, 0.2) is 0 Å². The van der Waals surface area contributed by atoms with Crippen molar-refractivity contribution in [1.82, 2.24) is 16.0 Å². The van der Waals surface area contributed by atoms with E-state index < -0.39 is 0 Å². The molecular formula is C13H24N4O2. The van der Waals surface area contributed by atoms with Gasteiger partial charge in [-0.05, 0) is 32.8 Å². The van der Waals surface area contributed by atoms with Crippen molar-refractivity contribution in [2.75, 3.05) is 7.05 Å². The Bertz CT molecular complexity index is 371. The van der Waals surface area contributed by atoms with Gasteiger partial charge < -0.3 is 10.6 Å². The number of hydrogen-bond donors (Lipinski definition) is 3. The highest BCUT2D eigenvalue weighted by Gasteiger charge is 2.22. The standard InChI is InChI=1S/C13H24N4O2/c1-6-13(4,7-2)17-12(19)16-11(14-5)15-10(3)8-9-18/h8-9H,6-7H2,1-5H3,(H3,14,15,16,17,19)/b10-8-. The first-order valence-electron chi connectivity index (χ1n) is 6.35. The van der Waals surface area contributed by atoms with E-state index in [1.807, 2.05) is 20.8 Å². The summed E-state index contributed by atoms with van der Waals surface area (Å²) in [6, 6.07) is -0.321. The van der Waals surface area contributed by atoms with Crippen molar-refractivity contribution in [1.29, 1.82) is 0 Å². The maximum absolute atomic E-state index is 11.9. The van der Waals surface area contributed by atoms with Crippen molar-refractivity contribution >= 4 is 18.3 Å². The van der Waals surface area contributed by atoms with E-state index in [2.05, 4.69) is 20.9 Å². The van der Waals surface area contributed by atoms with Crippen LogP contribution in [0.25, 0.3) is 0 Å². The summed E-state index contributed by atoms with van der Waals surface area (Å²) in [5.74, 6) is 0.294. The van der Waals surface area contributed by atoms with Crippen LogP contribution in [0.3, 0.4) is 0 Å². The lowest BCUT2D eigenvalue weighted by Crippen LogP contribution is -2.53. The number of rotatable bonds is 5. The first kappa shape index (κ1) is 17.2. The largest absolute Gasteiger partial charge is 0.333 e. The normalized spacial score (nSPS) is 12.9. The van der Waals surface area contributed by atoms with E-state index >= 15 is 0 Å². The molecule has 0 rings (SSSR count). The van der Waals surface area contributed by atoms with Crippen molar-refractivity contribution < 1.29 is 9.59 Å². The number of urea groups is 1. The number of nitrogens with one attached hydrogen (secondary N) is 3. The molecule has 0 bridgehead atoms. The molecule has 108 valence electrons. The van der Waals surface area contributed by atoms with Crippen LogP contribution in [0.15, 0.2) is 16.8 Å². The van der Waals surface area contributed by atoms with E-state index in [1.54, 1.807) is 14.0 Å². The molecule has 0 heterocycles. The topological polar surface area (TPSA) is 82.6 Å². The molecule has 0 aliphatic carbocycles. The van der Waals surface area contributed by atoms with Crippen LogP contribution in [0, 0.1) is 0 Å². The lowest BCUT2D eigenvalue weighted by molar-refractivity contribution is -0.104. The summed E-state index contributed by atoms with van der Waals surface area (Å²) in [7, 11) is 1.55. The average Bonchev–Trinajstić information content (AvgIpc) is 2.37. The zero-order valence-electron chi connectivity index (χ0n) is 12.3. The molecule has 0 atom stereocenters. The molecule has 19 heavy (non-hydrogen) atoms. The fraction of sp³-hybridized carbons (Fsp3) is 0.615. The summed E-state index contributed by atoms with van der Waals surface area (Å²) in [6.45, 7) is 7.74. The first-order chi connectivity index (χ1) is 8.90. The number of aliphatic imine (C=N–C) groups is 1. The van der Waals surface area contributed by atoms with E-state index in [9.17, 15) is 9.59 Å². The van der Waals surface area contributed by atoms with Crippen LogP contribution < -0.4 is 16.0 Å². The monoisotopic (exact) mass is 268 g/mol. The van der Waals surface area contributed by atoms with E-state index in [0.29, 0.717) is 17.9 Å². The Balaban J connectivity index is 4.53. The summed E-state index contributed by atoms with van der Waals surface area (Å²) < 4.78 is 0. The second kappa shape index (κ2) is 8.29. The molecule has 0 saturated carbocycles. The zero-order chi connectivity index (χ0) is 14.9. The summed E-state index contributed by atoms with van der Waals surface area (Å²) in [6.07, 6.45) is 3.70. The summed E-state index contributed by atoms with van der Waals surface area (Å²) in [5, 5.41) is 8.34. The fourth-order valence-corrected chi connectivity index (χ4v) is 1.31. The van der Waals surface area contributed by atoms with Gasteiger partial charge in [0.2, 0.25) is 5.96 Å². The van der Waals surface area contributed by atoms with Crippen LogP contribution in [0.1, 0.15) is 40.5 Å². The minimum Gasteiger partial charge on any atom is -0.333 e. The number of carbonyl (C=O) groups excluding carboxylic acids is 2. The molecule has 0 fully saturated rings. The Kier molecular flexibility index (Phi) is 7.48. The third-order valence-electron chi connectivity index (χ3n) is 3.07. The maximum Gasteiger partial charge on any atom is 0.321 e. The van der Waals surface area contributed by atoms with Gasteiger partial charge in [0.05, 0.1) is 0 Å². The van der Waals surface area contributed by atoms with Crippen molar-refractivity contribution in [3.63, 3.8) is 0 Å². The molecular weight excluding hydrogens is 244 g/mol. The second-order valence-corrected chi connectivity index (χ2v) is 4.53. The molecule has 0 aromatic carbocycles. The van der Waals surface area contributed by atoms with Gasteiger partial charge in [0.25, 0.3) is 0 Å². The molecule has 0 aliphatic heterocycles. The highest BCUT2D eigenvalue weighted by Crippen LogP contribution is 2.12. The van der Waals surface area contributed by atoms with Crippen molar-refractivity contribution in [2.45, 2.75) is 46.1 Å². The number of nitrogens with zero attached hydrogens (tertiary/aromatic N) is 1. The Morgan fingerprint density at radius 3 is 2.26 bits per heavy atom. The third kappa shape index (κ3) is 6.59. The van der Waals surface area contributed by atoms with Gasteiger partial charge in [-0.2, -0.15) is 0 Å². The molecule has 0 aromatic rings. The highest BCUT2D eigenvalue weighted by atomic mass is 16.2. The molecule has 6 heteroatoms. The molecule has 3 N–H and O–H groups in total. The lowest BCUT2D eigenvalue weighted by atomic mass is 9.96. The van der Waals surface area contributed by atoms with Crippen LogP contribution >= 0.6 is 0 Å². The second-order valence-electron chi connectivity index (χ2n) is 4.53. The van der Waals surface area contributed by atoms with E-state index in [-0.39, 0.29) is 11.6 Å². The van der Waals surface area contributed by atoms with Gasteiger partial charge in [-0.25, -0.2) is 4.79 Å². The zero-order valence-corrected chi connectivity index (χ0v) is 12.3. The predicted molar refractivity (Wildman–Crippen MR) is 77.0 cm³/mol. The number of hydrogen-bond acceptors (Lipinski definition) is 3. The first-order valence-corrected chi connectivity index (χ1v) is 6.35. The number of amides is 2. The van der Waals surface area contributed by atoms with Crippen LogP contribution in [0.4, 0.5) is 4.79 Å². The number of guanidine groups is 1. The highest BCUT2D eigenvalue weighted by molar-refractivity contribution is 5.97. The fourth-order valence-electron chi connectivity index (χ4n) is 1.31. The van der Waals surface area contributed by atoms with E-state index in [4.69, 9.17) is 0 Å². The summed E-state index contributed by atoms with van der Waals surface area (Å²) in [5.41, 5.74) is 0.362. The Morgan fingerprint density at radius 2 is 1.84 bits per heavy atom. The van der Waals surface area contributed by atoms with Crippen LogP contribution in [0.5, 0.6) is 0 Å². The van der Waals surface area contributed by atoms with Gasteiger partial charge in [0.1, 0.15) is 6.29 Å². The number of allylic oxidation sites excluding steroid dienone is 2. The lowest BCUT2D eigenvalue weighted by Gasteiger charge is -2.28. The van der Waals surface area contributed by atoms with Gasteiger partial charge in [0, 0.05) is 18.3 Å². The minimum atomic E-state index is -0.321. The Morgan fingerprint density at radius 1 is 1.26 bits per heavy atom. The third-order valence-corrected chi connectivity index (χ3v) is 3.07. The van der Waals surface area contributed by atoms with Gasteiger partial charge in [-0.3, -0.25) is 15.1 Å². The molecule has 0 saturated heterocycles. The maximum atomic E-state index is 11.9. The summed E-state index contributed by atoms with van der Waals surface area (Å²) in [4.78, 5) is 26.1. The Hall–Kier alpha value is -1.85. The molecule has 0 unspecified atom stereocenters. The molecule has 0 aromatic heterocycles. The van der Waals surface area contributed by atoms with Crippen LogP contribution in [-0.4, -0.2) is 30.9 Å². The Labute approximate surface area is 114 Å². The van der Waals surface area contributed by atoms with Gasteiger partial charge >= 0.3 is 6.03 Å². The van der Waals surface area contributed by atoms with Crippen molar-refractivity contribution in [2.24, 2.45) is 4.99 Å². The van der Waals surface area contributed by atoms with Crippen LogP contribution in [0.2, 0.25) is 0 Å². The van der Waals surface area contributed by atoms with Crippen LogP contribution in [-0.2, 0) is 4.79 Å². The predicted octanol–water partition coefficient (Wildman–Crippen LogP) is 1.54. The average molecular weight is 268 g/mol. The smallest absolute Gasteiger partial charge is 0.321 e.